The van der Waals surface area contributed by atoms with Gasteiger partial charge in [0.2, 0.25) is 0 Å². The molecule has 0 aliphatic heterocycles. The topological polar surface area (TPSA) is 74.0 Å². The van der Waals surface area contributed by atoms with E-state index in [1.54, 1.807) is 30.2 Å². The number of ether oxygens (including phenoxy) is 1. The lowest BCUT2D eigenvalue weighted by molar-refractivity contribution is 0.0944. The Balaban J connectivity index is 1.54. The Morgan fingerprint density at radius 2 is 2.24 bits per heavy atom. The molecule has 0 saturated heterocycles. The first-order chi connectivity index (χ1) is 12.0. The highest BCUT2D eigenvalue weighted by Crippen LogP contribution is 2.21. The molecular weight excluding hydrogens is 349 g/mol. The second-order valence-corrected chi connectivity index (χ2v) is 5.70. The van der Waals surface area contributed by atoms with E-state index >= 15 is 0 Å². The zero-order chi connectivity index (χ0) is 17.8. The van der Waals surface area contributed by atoms with Crippen molar-refractivity contribution >= 4 is 17.5 Å². The van der Waals surface area contributed by atoms with E-state index in [9.17, 15) is 9.18 Å². The van der Waals surface area contributed by atoms with Crippen LogP contribution >= 0.6 is 11.6 Å². The molecule has 0 aliphatic carbocycles. The first-order valence-electron chi connectivity index (χ1n) is 7.38. The van der Waals surface area contributed by atoms with Crippen molar-refractivity contribution in [3.8, 4) is 5.75 Å². The molecule has 1 aromatic carbocycles. The average molecular weight is 364 g/mol. The van der Waals surface area contributed by atoms with E-state index in [0.717, 1.165) is 5.56 Å². The molecule has 0 fully saturated rings. The number of aromatic nitrogens is 4. The minimum absolute atomic E-state index is 0.0200. The Bertz CT molecular complexity index is 892. The number of benzene rings is 1. The molecular formula is C16H15ClFN5O2. The summed E-state index contributed by atoms with van der Waals surface area (Å²) in [5, 5.41) is 10.9. The van der Waals surface area contributed by atoms with E-state index in [1.165, 1.54) is 22.9 Å². The van der Waals surface area contributed by atoms with Crippen molar-refractivity contribution in [2.75, 3.05) is 0 Å². The van der Waals surface area contributed by atoms with Crippen LogP contribution in [0.1, 0.15) is 16.1 Å². The molecule has 1 N–H and O–H groups in total. The van der Waals surface area contributed by atoms with Crippen molar-refractivity contribution in [2.45, 2.75) is 13.3 Å². The monoisotopic (exact) mass is 363 g/mol. The van der Waals surface area contributed by atoms with Gasteiger partial charge < -0.3 is 10.1 Å². The third-order valence-corrected chi connectivity index (χ3v) is 3.63. The summed E-state index contributed by atoms with van der Waals surface area (Å²) in [5.41, 5.74) is 1.16. The second-order valence-electron chi connectivity index (χ2n) is 5.29. The summed E-state index contributed by atoms with van der Waals surface area (Å²) in [6.45, 7) is 0.432. The van der Waals surface area contributed by atoms with Gasteiger partial charge in [0.1, 0.15) is 17.3 Å². The zero-order valence-corrected chi connectivity index (χ0v) is 14.1. The SMILES string of the molecule is Cn1cc(CNC(=O)c2ccn(COc3ccc(F)c(Cl)c3)n2)cn1. The Morgan fingerprint density at radius 3 is 2.96 bits per heavy atom. The summed E-state index contributed by atoms with van der Waals surface area (Å²) >= 11 is 5.69. The quantitative estimate of drug-likeness (QED) is 0.729. The molecule has 3 aromatic rings. The smallest absolute Gasteiger partial charge is 0.272 e. The fourth-order valence-electron chi connectivity index (χ4n) is 2.10. The van der Waals surface area contributed by atoms with Crippen molar-refractivity contribution in [3.63, 3.8) is 0 Å². The summed E-state index contributed by atoms with van der Waals surface area (Å²) in [6.07, 6.45) is 5.12. The zero-order valence-electron chi connectivity index (χ0n) is 13.3. The molecule has 9 heteroatoms. The van der Waals surface area contributed by atoms with Crippen LogP contribution in [0.5, 0.6) is 5.75 Å². The van der Waals surface area contributed by atoms with E-state index in [4.69, 9.17) is 16.3 Å². The van der Waals surface area contributed by atoms with Crippen LogP contribution < -0.4 is 10.1 Å². The van der Waals surface area contributed by atoms with Gasteiger partial charge in [0, 0.05) is 37.6 Å². The van der Waals surface area contributed by atoms with E-state index in [1.807, 2.05) is 6.20 Å². The normalized spacial score (nSPS) is 10.7. The maximum Gasteiger partial charge on any atom is 0.272 e. The lowest BCUT2D eigenvalue weighted by atomic mass is 10.3. The van der Waals surface area contributed by atoms with Gasteiger partial charge in [0.15, 0.2) is 6.73 Å². The first-order valence-corrected chi connectivity index (χ1v) is 7.76. The van der Waals surface area contributed by atoms with Gasteiger partial charge in [-0.05, 0) is 18.2 Å². The van der Waals surface area contributed by atoms with Crippen LogP contribution in [0.25, 0.3) is 0 Å². The number of hydrogen-bond acceptors (Lipinski definition) is 4. The maximum atomic E-state index is 13.1. The molecule has 3 rings (SSSR count). The molecule has 1 amide bonds. The number of halogens is 2. The lowest BCUT2D eigenvalue weighted by Crippen LogP contribution is -2.23. The minimum Gasteiger partial charge on any atom is -0.471 e. The Morgan fingerprint density at radius 1 is 1.40 bits per heavy atom. The molecule has 7 nitrogen and oxygen atoms in total. The third-order valence-electron chi connectivity index (χ3n) is 3.34. The first kappa shape index (κ1) is 17.0. The van der Waals surface area contributed by atoms with E-state index < -0.39 is 5.82 Å². The van der Waals surface area contributed by atoms with E-state index in [0.29, 0.717) is 12.3 Å². The van der Waals surface area contributed by atoms with Crippen molar-refractivity contribution < 1.29 is 13.9 Å². The summed E-state index contributed by atoms with van der Waals surface area (Å²) < 4.78 is 21.7. The summed E-state index contributed by atoms with van der Waals surface area (Å²) in [6, 6.07) is 5.64. The highest BCUT2D eigenvalue weighted by Gasteiger charge is 2.10. The summed E-state index contributed by atoms with van der Waals surface area (Å²) in [5.74, 6) is -0.405. The molecule has 0 radical (unpaired) electrons. The second kappa shape index (κ2) is 7.35. The lowest BCUT2D eigenvalue weighted by Gasteiger charge is -2.06. The van der Waals surface area contributed by atoms with Crippen LogP contribution in [-0.4, -0.2) is 25.5 Å². The molecule has 2 aromatic heterocycles. The Hall–Kier alpha value is -2.87. The standard InChI is InChI=1S/C16H15ClFN5O2/c1-22-9-11(8-20-22)7-19-16(24)15-4-5-23(21-15)10-25-12-2-3-14(18)13(17)6-12/h2-6,8-9H,7,10H2,1H3,(H,19,24). The average Bonchev–Trinajstić information content (AvgIpc) is 3.23. The highest BCUT2D eigenvalue weighted by molar-refractivity contribution is 6.30. The van der Waals surface area contributed by atoms with Crippen LogP contribution in [0.15, 0.2) is 42.9 Å². The molecule has 0 bridgehead atoms. The molecule has 0 unspecified atom stereocenters. The van der Waals surface area contributed by atoms with E-state index in [2.05, 4.69) is 15.5 Å². The number of carbonyl (C=O) groups is 1. The van der Waals surface area contributed by atoms with Crippen molar-refractivity contribution in [1.82, 2.24) is 24.9 Å². The van der Waals surface area contributed by atoms with Crippen LogP contribution in [0.3, 0.4) is 0 Å². The number of aryl methyl sites for hydroxylation is 1. The summed E-state index contributed by atoms with van der Waals surface area (Å²) in [4.78, 5) is 12.1. The third kappa shape index (κ3) is 4.36. The van der Waals surface area contributed by atoms with Gasteiger partial charge in [-0.25, -0.2) is 9.07 Å². The predicted molar refractivity (Wildman–Crippen MR) is 88.6 cm³/mol. The van der Waals surface area contributed by atoms with Gasteiger partial charge in [-0.2, -0.15) is 10.2 Å². The molecule has 0 saturated carbocycles. The number of carbonyl (C=O) groups excluding carboxylic acids is 1. The highest BCUT2D eigenvalue weighted by atomic mass is 35.5. The van der Waals surface area contributed by atoms with Gasteiger partial charge in [-0.15, -0.1) is 0 Å². The molecule has 2 heterocycles. The van der Waals surface area contributed by atoms with Gasteiger partial charge in [-0.1, -0.05) is 11.6 Å². The van der Waals surface area contributed by atoms with Crippen LogP contribution in [-0.2, 0) is 20.3 Å². The Labute approximate surface area is 148 Å². The van der Waals surface area contributed by atoms with Crippen LogP contribution in [0, 0.1) is 5.82 Å². The number of nitrogens with one attached hydrogen (secondary N) is 1. The fourth-order valence-corrected chi connectivity index (χ4v) is 2.27. The van der Waals surface area contributed by atoms with Gasteiger partial charge in [-0.3, -0.25) is 9.48 Å². The van der Waals surface area contributed by atoms with Gasteiger partial charge >= 0.3 is 0 Å². The van der Waals surface area contributed by atoms with Crippen molar-refractivity contribution in [3.05, 3.63) is 65.0 Å². The van der Waals surface area contributed by atoms with Crippen LogP contribution in [0.2, 0.25) is 5.02 Å². The van der Waals surface area contributed by atoms with Crippen molar-refractivity contribution in [2.24, 2.45) is 7.05 Å². The number of nitrogens with zero attached hydrogens (tertiary/aromatic N) is 4. The molecule has 0 spiro atoms. The molecule has 130 valence electrons. The number of amides is 1. The van der Waals surface area contributed by atoms with Gasteiger partial charge in [0.25, 0.3) is 5.91 Å². The Kier molecular flexibility index (Phi) is 4.99. The predicted octanol–water partition coefficient (Wildman–Crippen LogP) is 2.38. The molecule has 0 atom stereocenters. The van der Waals surface area contributed by atoms with E-state index in [-0.39, 0.29) is 23.4 Å². The largest absolute Gasteiger partial charge is 0.471 e. The molecule has 25 heavy (non-hydrogen) atoms. The fraction of sp³-hybridized carbons (Fsp3) is 0.188. The number of rotatable bonds is 6. The number of hydrogen-bond donors (Lipinski definition) is 1. The van der Waals surface area contributed by atoms with Crippen LogP contribution in [0.4, 0.5) is 4.39 Å². The van der Waals surface area contributed by atoms with Gasteiger partial charge in [0.05, 0.1) is 11.2 Å². The maximum absolute atomic E-state index is 13.1. The summed E-state index contributed by atoms with van der Waals surface area (Å²) in [7, 11) is 1.81. The minimum atomic E-state index is -0.513. The van der Waals surface area contributed by atoms with Crippen molar-refractivity contribution in [1.29, 1.82) is 0 Å². The molecule has 0 aliphatic rings.